The van der Waals surface area contributed by atoms with E-state index in [0.717, 1.165) is 44.8 Å². The lowest BCUT2D eigenvalue weighted by Crippen LogP contribution is -2.52. The van der Waals surface area contributed by atoms with Crippen LogP contribution in [-0.2, 0) is 15.1 Å². The van der Waals surface area contributed by atoms with Crippen molar-refractivity contribution in [2.75, 3.05) is 31.6 Å². The number of amides is 1. The van der Waals surface area contributed by atoms with E-state index in [1.165, 1.54) is 0 Å². The quantitative estimate of drug-likeness (QED) is 0.749. The second-order valence-electron chi connectivity index (χ2n) is 6.78. The van der Waals surface area contributed by atoms with Crippen LogP contribution in [0.15, 0.2) is 24.5 Å². The Morgan fingerprint density at radius 2 is 2.08 bits per heavy atom. The molecule has 2 saturated heterocycles. The summed E-state index contributed by atoms with van der Waals surface area (Å²) in [5.41, 5.74) is 0.407. The lowest BCUT2D eigenvalue weighted by atomic mass is 9.87. The molecule has 142 valence electrons. The molecule has 8 nitrogen and oxygen atoms in total. The van der Waals surface area contributed by atoms with Crippen LogP contribution in [0.25, 0.3) is 0 Å². The fourth-order valence-electron chi connectivity index (χ4n) is 3.77. The van der Waals surface area contributed by atoms with Crippen molar-refractivity contribution in [1.82, 2.24) is 25.3 Å². The lowest BCUT2D eigenvalue weighted by molar-refractivity contribution is -0.126. The molecule has 2 aliphatic heterocycles. The second kappa shape index (κ2) is 8.20. The van der Waals surface area contributed by atoms with Crippen molar-refractivity contribution in [2.24, 2.45) is 0 Å². The van der Waals surface area contributed by atoms with Gasteiger partial charge in [-0.15, -0.1) is 12.4 Å². The smallest absolute Gasteiger partial charge is 0.253 e. The van der Waals surface area contributed by atoms with E-state index in [2.05, 4.69) is 25.9 Å². The van der Waals surface area contributed by atoms with E-state index >= 15 is 0 Å². The van der Waals surface area contributed by atoms with Gasteiger partial charge in [0.2, 0.25) is 0 Å². The molecule has 0 unspecified atom stereocenters. The molecule has 0 atom stereocenters. The number of anilines is 1. The second-order valence-corrected chi connectivity index (χ2v) is 6.78. The van der Waals surface area contributed by atoms with Gasteiger partial charge >= 0.3 is 0 Å². The van der Waals surface area contributed by atoms with Crippen LogP contribution in [0.2, 0.25) is 0 Å². The SMILES string of the molecule is Cl.O=C(Nc1cc(C2CCOCC2)[nH]n1)C1(n2cccn2)CCNCC1. The average molecular weight is 381 g/mol. The number of carbonyl (C=O) groups is 1. The fraction of sp³-hybridized carbons (Fsp3) is 0.588. The third-order valence-electron chi connectivity index (χ3n) is 5.30. The van der Waals surface area contributed by atoms with Gasteiger partial charge in [0.05, 0.1) is 0 Å². The molecule has 3 N–H and O–H groups in total. The molecule has 0 saturated carbocycles. The minimum Gasteiger partial charge on any atom is -0.381 e. The fourth-order valence-corrected chi connectivity index (χ4v) is 3.77. The van der Waals surface area contributed by atoms with E-state index in [9.17, 15) is 4.79 Å². The summed E-state index contributed by atoms with van der Waals surface area (Å²) in [5, 5.41) is 18.0. The Bertz CT molecular complexity index is 705. The number of aromatic nitrogens is 4. The van der Waals surface area contributed by atoms with E-state index in [1.807, 2.05) is 18.3 Å². The van der Waals surface area contributed by atoms with Gasteiger partial charge in [0.25, 0.3) is 5.91 Å². The Labute approximate surface area is 158 Å². The van der Waals surface area contributed by atoms with Crippen molar-refractivity contribution in [3.05, 3.63) is 30.2 Å². The number of rotatable bonds is 4. The number of aromatic amines is 1. The summed E-state index contributed by atoms with van der Waals surface area (Å²) in [6.45, 7) is 3.14. The third kappa shape index (κ3) is 3.62. The highest BCUT2D eigenvalue weighted by molar-refractivity contribution is 5.96. The minimum atomic E-state index is -0.660. The maximum atomic E-state index is 13.1. The molecular formula is C17H25ClN6O2. The molecule has 2 aromatic rings. The Kier molecular flexibility index (Phi) is 5.95. The molecule has 2 fully saturated rings. The molecule has 2 aliphatic rings. The van der Waals surface area contributed by atoms with Crippen LogP contribution >= 0.6 is 12.4 Å². The normalized spacial score (nSPS) is 20.3. The predicted molar refractivity (Wildman–Crippen MR) is 99.6 cm³/mol. The highest BCUT2D eigenvalue weighted by atomic mass is 35.5. The average Bonchev–Trinajstić information content (AvgIpc) is 3.35. The van der Waals surface area contributed by atoms with Crippen LogP contribution in [0.5, 0.6) is 0 Å². The van der Waals surface area contributed by atoms with Crippen LogP contribution in [0.3, 0.4) is 0 Å². The number of carbonyl (C=O) groups excluding carboxylic acids is 1. The van der Waals surface area contributed by atoms with Crippen molar-refractivity contribution in [3.8, 4) is 0 Å². The van der Waals surface area contributed by atoms with E-state index in [0.29, 0.717) is 24.6 Å². The molecule has 1 amide bonds. The maximum absolute atomic E-state index is 13.1. The van der Waals surface area contributed by atoms with Crippen LogP contribution in [0, 0.1) is 0 Å². The molecule has 4 heterocycles. The van der Waals surface area contributed by atoms with Crippen LogP contribution in [-0.4, -0.2) is 52.2 Å². The zero-order valence-electron chi connectivity index (χ0n) is 14.6. The van der Waals surface area contributed by atoms with Crippen LogP contribution in [0.4, 0.5) is 5.82 Å². The summed E-state index contributed by atoms with van der Waals surface area (Å²) < 4.78 is 7.19. The molecule has 2 aromatic heterocycles. The van der Waals surface area contributed by atoms with Gasteiger partial charge in [-0.25, -0.2) is 0 Å². The summed E-state index contributed by atoms with van der Waals surface area (Å²) in [6, 6.07) is 3.81. The van der Waals surface area contributed by atoms with E-state index in [-0.39, 0.29) is 18.3 Å². The lowest BCUT2D eigenvalue weighted by Gasteiger charge is -2.36. The summed E-state index contributed by atoms with van der Waals surface area (Å²) in [5.74, 6) is 0.949. The standard InChI is InChI=1S/C17H24N6O2.ClH/c24-16(17(4-7-18-8-5-17)23-9-1-6-19-23)20-15-12-14(21-22-15)13-2-10-25-11-3-13;/h1,6,9,12-13,18H,2-5,7-8,10-11H2,(H2,20,21,22,24);1H. The molecule has 0 aliphatic carbocycles. The number of hydrogen-bond donors (Lipinski definition) is 3. The molecular weight excluding hydrogens is 356 g/mol. The van der Waals surface area contributed by atoms with Gasteiger partial charge in [-0.1, -0.05) is 0 Å². The van der Waals surface area contributed by atoms with Gasteiger partial charge in [0, 0.05) is 43.3 Å². The Balaban J connectivity index is 0.00000196. The zero-order valence-corrected chi connectivity index (χ0v) is 15.4. The van der Waals surface area contributed by atoms with Crippen LogP contribution in [0.1, 0.15) is 37.3 Å². The van der Waals surface area contributed by atoms with Gasteiger partial charge in [-0.3, -0.25) is 14.6 Å². The first kappa shape index (κ1) is 18.9. The van der Waals surface area contributed by atoms with Crippen molar-refractivity contribution >= 4 is 24.1 Å². The summed E-state index contributed by atoms with van der Waals surface area (Å²) in [4.78, 5) is 13.1. The highest BCUT2D eigenvalue weighted by Gasteiger charge is 2.42. The minimum absolute atomic E-state index is 0. The molecule has 0 aromatic carbocycles. The van der Waals surface area contributed by atoms with Gasteiger partial charge in [0.1, 0.15) is 5.54 Å². The monoisotopic (exact) mass is 380 g/mol. The van der Waals surface area contributed by atoms with Gasteiger partial charge in [0.15, 0.2) is 5.82 Å². The largest absolute Gasteiger partial charge is 0.381 e. The van der Waals surface area contributed by atoms with E-state index in [4.69, 9.17) is 4.74 Å². The number of nitrogens with zero attached hydrogens (tertiary/aromatic N) is 3. The van der Waals surface area contributed by atoms with Gasteiger partial charge in [-0.2, -0.15) is 10.2 Å². The highest BCUT2D eigenvalue weighted by Crippen LogP contribution is 2.30. The number of nitrogens with one attached hydrogen (secondary N) is 3. The molecule has 9 heteroatoms. The van der Waals surface area contributed by atoms with Gasteiger partial charge < -0.3 is 15.4 Å². The molecule has 4 rings (SSSR count). The van der Waals surface area contributed by atoms with Crippen LogP contribution < -0.4 is 10.6 Å². The Morgan fingerprint density at radius 1 is 1.31 bits per heavy atom. The number of halogens is 1. The number of ether oxygens (including phenoxy) is 1. The number of piperidine rings is 1. The summed E-state index contributed by atoms with van der Waals surface area (Å²) in [7, 11) is 0. The van der Waals surface area contributed by atoms with Crippen molar-refractivity contribution in [2.45, 2.75) is 37.1 Å². The number of H-pyrrole nitrogens is 1. The topological polar surface area (TPSA) is 96.9 Å². The summed E-state index contributed by atoms with van der Waals surface area (Å²) in [6.07, 6.45) is 6.96. The third-order valence-corrected chi connectivity index (χ3v) is 5.30. The maximum Gasteiger partial charge on any atom is 0.253 e. The summed E-state index contributed by atoms with van der Waals surface area (Å²) >= 11 is 0. The first-order chi connectivity index (χ1) is 12.3. The Morgan fingerprint density at radius 3 is 2.77 bits per heavy atom. The number of hydrogen-bond acceptors (Lipinski definition) is 5. The molecule has 0 radical (unpaired) electrons. The van der Waals surface area contributed by atoms with E-state index in [1.54, 1.807) is 10.9 Å². The molecule has 26 heavy (non-hydrogen) atoms. The molecule has 0 bridgehead atoms. The first-order valence-electron chi connectivity index (χ1n) is 8.93. The predicted octanol–water partition coefficient (Wildman–Crippen LogP) is 1.64. The first-order valence-corrected chi connectivity index (χ1v) is 8.93. The van der Waals surface area contributed by atoms with Crippen molar-refractivity contribution in [3.63, 3.8) is 0 Å². The Hall–Kier alpha value is -1.90. The van der Waals surface area contributed by atoms with Crippen molar-refractivity contribution in [1.29, 1.82) is 0 Å². The molecule has 0 spiro atoms. The van der Waals surface area contributed by atoms with E-state index < -0.39 is 5.54 Å². The van der Waals surface area contributed by atoms with Crippen molar-refractivity contribution < 1.29 is 9.53 Å². The zero-order chi connectivity index (χ0) is 17.1. The van der Waals surface area contributed by atoms with Gasteiger partial charge in [-0.05, 0) is 44.8 Å².